The first-order valence-electron chi connectivity index (χ1n) is 8.94. The second-order valence-electron chi connectivity index (χ2n) is 6.59. The van der Waals surface area contributed by atoms with E-state index in [-0.39, 0.29) is 0 Å². The van der Waals surface area contributed by atoms with Crippen LogP contribution in [-0.4, -0.2) is 46.1 Å². The molecule has 5 rings (SSSR count). The number of pyridine rings is 2. The number of morpholine rings is 1. The maximum atomic E-state index is 6.16. The molecule has 0 aliphatic carbocycles. The Kier molecular flexibility index (Phi) is 3.86. The van der Waals surface area contributed by atoms with Crippen molar-refractivity contribution in [1.82, 2.24) is 19.7 Å². The number of fused-ring (bicyclic) bond motifs is 1. The van der Waals surface area contributed by atoms with Crippen LogP contribution in [0, 0.1) is 0 Å². The van der Waals surface area contributed by atoms with Gasteiger partial charge in [-0.15, -0.1) is 0 Å². The molecule has 0 N–H and O–H groups in total. The minimum atomic E-state index is 0.746. The summed E-state index contributed by atoms with van der Waals surface area (Å²) >= 11 is 0. The van der Waals surface area contributed by atoms with Crippen LogP contribution in [0.15, 0.2) is 53.5 Å². The second kappa shape index (κ2) is 6.51. The Bertz CT molecular complexity index is 1080. The number of rotatable bonds is 3. The fourth-order valence-corrected chi connectivity index (χ4v) is 3.38. The molecule has 4 aromatic rings. The molecule has 27 heavy (non-hydrogen) atoms. The van der Waals surface area contributed by atoms with Crippen LogP contribution < -0.4 is 4.90 Å². The number of aryl methyl sites for hydroxylation is 1. The number of anilines is 1. The Labute approximate surface area is 156 Å². The molecule has 0 atom stereocenters. The van der Waals surface area contributed by atoms with Gasteiger partial charge < -0.3 is 14.1 Å². The molecule has 136 valence electrons. The van der Waals surface area contributed by atoms with Gasteiger partial charge in [0.2, 0.25) is 0 Å². The van der Waals surface area contributed by atoms with E-state index in [1.54, 1.807) is 10.9 Å². The van der Waals surface area contributed by atoms with E-state index < -0.39 is 0 Å². The van der Waals surface area contributed by atoms with Crippen molar-refractivity contribution in [3.05, 3.63) is 49.1 Å². The lowest BCUT2D eigenvalue weighted by Gasteiger charge is -2.27. The van der Waals surface area contributed by atoms with Gasteiger partial charge in [0.15, 0.2) is 5.58 Å². The number of aromatic nitrogens is 4. The van der Waals surface area contributed by atoms with Gasteiger partial charge in [0.05, 0.1) is 19.4 Å². The smallest absolute Gasteiger partial charge is 0.161 e. The van der Waals surface area contributed by atoms with Gasteiger partial charge in [0.1, 0.15) is 17.1 Å². The van der Waals surface area contributed by atoms with E-state index in [4.69, 9.17) is 9.15 Å². The molecule has 0 bridgehead atoms. The van der Waals surface area contributed by atoms with Crippen molar-refractivity contribution in [3.8, 4) is 22.5 Å². The third kappa shape index (κ3) is 2.96. The lowest BCUT2D eigenvalue weighted by atomic mass is 10.1. The first-order valence-corrected chi connectivity index (χ1v) is 8.94. The Morgan fingerprint density at radius 2 is 1.89 bits per heavy atom. The highest BCUT2D eigenvalue weighted by atomic mass is 16.5. The van der Waals surface area contributed by atoms with Crippen molar-refractivity contribution in [2.24, 2.45) is 7.05 Å². The molecule has 0 spiro atoms. The van der Waals surface area contributed by atoms with Crippen molar-refractivity contribution >= 4 is 16.9 Å². The summed E-state index contributed by atoms with van der Waals surface area (Å²) in [5, 5.41) is 4.25. The molecule has 0 saturated carbocycles. The average Bonchev–Trinajstić information content (AvgIpc) is 3.35. The number of hydrogen-bond donors (Lipinski definition) is 0. The molecule has 1 aliphatic rings. The Balaban J connectivity index is 1.50. The number of ether oxygens (including phenoxy) is 1. The fourth-order valence-electron chi connectivity index (χ4n) is 3.38. The molecule has 4 aromatic heterocycles. The highest BCUT2D eigenvalue weighted by molar-refractivity contribution is 5.92. The van der Waals surface area contributed by atoms with Gasteiger partial charge in [-0.3, -0.25) is 9.67 Å². The first kappa shape index (κ1) is 16.0. The van der Waals surface area contributed by atoms with Gasteiger partial charge in [-0.2, -0.15) is 5.10 Å². The van der Waals surface area contributed by atoms with E-state index in [0.717, 1.165) is 65.7 Å². The highest BCUT2D eigenvalue weighted by Crippen LogP contribution is 2.33. The molecule has 0 radical (unpaired) electrons. The van der Waals surface area contributed by atoms with E-state index in [0.29, 0.717) is 0 Å². The molecular weight excluding hydrogens is 342 g/mol. The average molecular weight is 361 g/mol. The van der Waals surface area contributed by atoms with E-state index in [1.807, 2.05) is 49.9 Å². The number of furan rings is 1. The second-order valence-corrected chi connectivity index (χ2v) is 6.59. The molecular formula is C20H19N5O2. The molecule has 0 unspecified atom stereocenters. The molecule has 0 aromatic carbocycles. The molecule has 7 nitrogen and oxygen atoms in total. The molecule has 5 heterocycles. The van der Waals surface area contributed by atoms with Crippen LogP contribution in [0.3, 0.4) is 0 Å². The topological polar surface area (TPSA) is 69.2 Å². The third-order valence-corrected chi connectivity index (χ3v) is 4.80. The lowest BCUT2D eigenvalue weighted by molar-refractivity contribution is 0.122. The van der Waals surface area contributed by atoms with E-state index in [9.17, 15) is 0 Å². The van der Waals surface area contributed by atoms with Crippen LogP contribution in [0.1, 0.15) is 0 Å². The van der Waals surface area contributed by atoms with Crippen LogP contribution in [0.4, 0.5) is 5.82 Å². The van der Waals surface area contributed by atoms with Crippen molar-refractivity contribution in [2.45, 2.75) is 0 Å². The van der Waals surface area contributed by atoms with Crippen LogP contribution in [0.25, 0.3) is 33.6 Å². The minimum Gasteiger partial charge on any atom is -0.454 e. The summed E-state index contributed by atoms with van der Waals surface area (Å²) in [6, 6.07) is 7.98. The zero-order valence-corrected chi connectivity index (χ0v) is 15.0. The summed E-state index contributed by atoms with van der Waals surface area (Å²) in [6.45, 7) is 3.23. The van der Waals surface area contributed by atoms with Crippen molar-refractivity contribution in [1.29, 1.82) is 0 Å². The van der Waals surface area contributed by atoms with Crippen molar-refractivity contribution in [2.75, 3.05) is 31.2 Å². The Morgan fingerprint density at radius 3 is 2.63 bits per heavy atom. The van der Waals surface area contributed by atoms with Gasteiger partial charge in [-0.05, 0) is 18.2 Å². The molecule has 1 fully saturated rings. The maximum Gasteiger partial charge on any atom is 0.161 e. The normalized spacial score (nSPS) is 14.8. The Hall–Kier alpha value is -3.19. The SMILES string of the molecule is Cn1cc(-c2ccnc3cc(-c4ccc(N5CCOCC5)nc4)oc23)cn1. The van der Waals surface area contributed by atoms with Crippen LogP contribution in [-0.2, 0) is 11.8 Å². The van der Waals surface area contributed by atoms with Crippen molar-refractivity contribution < 1.29 is 9.15 Å². The zero-order chi connectivity index (χ0) is 18.2. The van der Waals surface area contributed by atoms with Gasteiger partial charge in [-0.25, -0.2) is 4.98 Å². The molecule has 0 amide bonds. The van der Waals surface area contributed by atoms with E-state index >= 15 is 0 Å². The number of nitrogens with zero attached hydrogens (tertiary/aromatic N) is 5. The summed E-state index contributed by atoms with van der Waals surface area (Å²) in [6.07, 6.45) is 7.45. The van der Waals surface area contributed by atoms with Gasteiger partial charge in [0, 0.05) is 61.5 Å². The molecule has 7 heteroatoms. The quantitative estimate of drug-likeness (QED) is 0.558. The Morgan fingerprint density at radius 1 is 1.00 bits per heavy atom. The predicted octanol–water partition coefficient (Wildman–Crippen LogP) is 3.13. The van der Waals surface area contributed by atoms with Crippen molar-refractivity contribution in [3.63, 3.8) is 0 Å². The summed E-state index contributed by atoms with van der Waals surface area (Å²) in [7, 11) is 1.90. The van der Waals surface area contributed by atoms with Crippen LogP contribution >= 0.6 is 0 Å². The zero-order valence-electron chi connectivity index (χ0n) is 15.0. The first-order chi connectivity index (χ1) is 13.3. The monoisotopic (exact) mass is 361 g/mol. The highest BCUT2D eigenvalue weighted by Gasteiger charge is 2.15. The minimum absolute atomic E-state index is 0.746. The lowest BCUT2D eigenvalue weighted by Crippen LogP contribution is -2.36. The third-order valence-electron chi connectivity index (χ3n) is 4.80. The fraction of sp³-hybridized carbons (Fsp3) is 0.250. The van der Waals surface area contributed by atoms with Gasteiger partial charge >= 0.3 is 0 Å². The van der Waals surface area contributed by atoms with E-state index in [1.165, 1.54) is 0 Å². The summed E-state index contributed by atoms with van der Waals surface area (Å²) in [5.74, 6) is 1.72. The van der Waals surface area contributed by atoms with Crippen LogP contribution in [0.5, 0.6) is 0 Å². The largest absolute Gasteiger partial charge is 0.454 e. The van der Waals surface area contributed by atoms with Crippen LogP contribution in [0.2, 0.25) is 0 Å². The summed E-state index contributed by atoms with van der Waals surface area (Å²) in [4.78, 5) is 11.3. The molecule has 1 aliphatic heterocycles. The molecule has 1 saturated heterocycles. The standard InChI is InChI=1S/C20H19N5O2/c1-24-13-15(12-23-24)16-4-5-21-17-10-18(27-20(16)17)14-2-3-19(22-11-14)25-6-8-26-9-7-25/h2-5,10-13H,6-9H2,1H3. The number of hydrogen-bond acceptors (Lipinski definition) is 6. The van der Waals surface area contributed by atoms with Gasteiger partial charge in [0.25, 0.3) is 0 Å². The van der Waals surface area contributed by atoms with E-state index in [2.05, 4.69) is 20.0 Å². The summed E-state index contributed by atoms with van der Waals surface area (Å²) < 4.78 is 13.3. The summed E-state index contributed by atoms with van der Waals surface area (Å²) in [5.41, 5.74) is 4.51. The van der Waals surface area contributed by atoms with Gasteiger partial charge in [-0.1, -0.05) is 0 Å². The predicted molar refractivity (Wildman–Crippen MR) is 102 cm³/mol. The maximum absolute atomic E-state index is 6.16.